The summed E-state index contributed by atoms with van der Waals surface area (Å²) in [4.78, 5) is 28.1. The second-order valence-corrected chi connectivity index (χ2v) is 9.62. The first-order valence-electron chi connectivity index (χ1n) is 10.1. The molecule has 2 aliphatic rings. The van der Waals surface area contributed by atoms with E-state index in [2.05, 4.69) is 0 Å². The van der Waals surface area contributed by atoms with Crippen molar-refractivity contribution >= 4 is 21.8 Å². The summed E-state index contributed by atoms with van der Waals surface area (Å²) in [5, 5.41) is 0. The molecule has 4 rings (SSSR count). The average Bonchev–Trinajstić information content (AvgIpc) is 3.47. The van der Waals surface area contributed by atoms with E-state index in [1.165, 1.54) is 23.4 Å². The van der Waals surface area contributed by atoms with Crippen LogP contribution < -0.4 is 0 Å². The largest absolute Gasteiger partial charge is 0.467 e. The van der Waals surface area contributed by atoms with Gasteiger partial charge in [-0.15, -0.1) is 0 Å². The molecular weight excluding hydrogens is 406 g/mol. The van der Waals surface area contributed by atoms with Gasteiger partial charge in [-0.05, 0) is 43.2 Å². The lowest BCUT2D eigenvalue weighted by Crippen LogP contribution is -2.49. The first-order valence-corrected chi connectivity index (χ1v) is 11.5. The summed E-state index contributed by atoms with van der Waals surface area (Å²) in [5.74, 6) is 0.436. The zero-order valence-corrected chi connectivity index (χ0v) is 17.7. The number of benzene rings is 1. The maximum atomic E-state index is 13.2. The minimum absolute atomic E-state index is 0.0589. The van der Waals surface area contributed by atoms with Gasteiger partial charge in [0.1, 0.15) is 5.76 Å². The summed E-state index contributed by atoms with van der Waals surface area (Å²) in [5.41, 5.74) is 0.344. The molecule has 2 amide bonds. The minimum Gasteiger partial charge on any atom is -0.467 e. The van der Waals surface area contributed by atoms with Crippen LogP contribution in [0.3, 0.4) is 0 Å². The van der Waals surface area contributed by atoms with Crippen LogP contribution in [0.1, 0.15) is 35.9 Å². The first-order chi connectivity index (χ1) is 14.4. The van der Waals surface area contributed by atoms with Crippen molar-refractivity contribution in [3.63, 3.8) is 0 Å². The number of amides is 2. The number of furan rings is 1. The highest BCUT2D eigenvalue weighted by Gasteiger charge is 2.35. The minimum atomic E-state index is -3.74. The normalized spacial score (nSPS) is 17.7. The van der Waals surface area contributed by atoms with Crippen LogP contribution in [0.25, 0.3) is 0 Å². The van der Waals surface area contributed by atoms with Crippen LogP contribution in [-0.4, -0.2) is 66.6 Å². The summed E-state index contributed by atoms with van der Waals surface area (Å²) >= 11 is 0. The Kier molecular flexibility index (Phi) is 5.66. The van der Waals surface area contributed by atoms with Crippen molar-refractivity contribution in [3.8, 4) is 0 Å². The summed E-state index contributed by atoms with van der Waals surface area (Å²) < 4.78 is 32.9. The van der Waals surface area contributed by atoms with Crippen molar-refractivity contribution in [2.45, 2.75) is 37.2 Å². The van der Waals surface area contributed by atoms with Crippen molar-refractivity contribution in [2.24, 2.45) is 0 Å². The van der Waals surface area contributed by atoms with Gasteiger partial charge < -0.3 is 14.2 Å². The van der Waals surface area contributed by atoms with E-state index in [1.807, 2.05) is 6.07 Å². The molecule has 0 radical (unpaired) electrons. The Balaban J connectivity index is 1.53. The Morgan fingerprint density at radius 2 is 1.83 bits per heavy atom. The van der Waals surface area contributed by atoms with Gasteiger partial charge in [-0.3, -0.25) is 9.59 Å². The molecule has 1 aliphatic carbocycles. The SMILES string of the molecule is CC(=O)N1CCN(S(=O)(=O)c2cccc(C(=O)N(Cc3ccco3)C3CC3)c2)CC1. The van der Waals surface area contributed by atoms with Crippen molar-refractivity contribution in [1.82, 2.24) is 14.1 Å². The smallest absolute Gasteiger partial charge is 0.254 e. The molecule has 0 N–H and O–H groups in total. The van der Waals surface area contributed by atoms with E-state index in [9.17, 15) is 18.0 Å². The van der Waals surface area contributed by atoms with Gasteiger partial charge in [0.05, 0.1) is 17.7 Å². The van der Waals surface area contributed by atoms with Gasteiger partial charge in [-0.2, -0.15) is 4.31 Å². The van der Waals surface area contributed by atoms with Crippen molar-refractivity contribution < 1.29 is 22.4 Å². The van der Waals surface area contributed by atoms with Crippen LogP contribution in [0.15, 0.2) is 52.0 Å². The van der Waals surface area contributed by atoms with E-state index in [0.717, 1.165) is 12.8 Å². The highest BCUT2D eigenvalue weighted by Crippen LogP contribution is 2.30. The molecule has 2 aromatic rings. The maximum absolute atomic E-state index is 13.2. The molecule has 1 aromatic heterocycles. The number of carbonyl (C=O) groups excluding carboxylic acids is 2. The van der Waals surface area contributed by atoms with Crippen LogP contribution in [0, 0.1) is 0 Å². The molecule has 1 saturated carbocycles. The highest BCUT2D eigenvalue weighted by atomic mass is 32.2. The fraction of sp³-hybridized carbons (Fsp3) is 0.429. The first kappa shape index (κ1) is 20.6. The Hall–Kier alpha value is -2.65. The topological polar surface area (TPSA) is 91.1 Å². The van der Waals surface area contributed by atoms with Gasteiger partial charge in [0, 0.05) is 44.7 Å². The standard InChI is InChI=1S/C21H25N3O5S/c1-16(25)22-9-11-23(12-10-22)30(27,28)20-6-2-4-17(14-20)21(26)24(18-7-8-18)15-19-5-3-13-29-19/h2-6,13-14,18H,7-12,15H2,1H3. The Labute approximate surface area is 176 Å². The molecule has 2 fully saturated rings. The van der Waals surface area contributed by atoms with Crippen molar-refractivity contribution in [1.29, 1.82) is 0 Å². The highest BCUT2D eigenvalue weighted by molar-refractivity contribution is 7.89. The molecule has 30 heavy (non-hydrogen) atoms. The number of sulfonamides is 1. The molecule has 1 aliphatic heterocycles. The Morgan fingerprint density at radius 3 is 2.43 bits per heavy atom. The number of hydrogen-bond donors (Lipinski definition) is 0. The van der Waals surface area contributed by atoms with Crippen molar-refractivity contribution in [3.05, 3.63) is 54.0 Å². The van der Waals surface area contributed by atoms with Gasteiger partial charge in [0.15, 0.2) is 0 Å². The van der Waals surface area contributed by atoms with Crippen LogP contribution in [0.2, 0.25) is 0 Å². The van der Waals surface area contributed by atoms with Gasteiger partial charge in [0.2, 0.25) is 15.9 Å². The molecule has 160 valence electrons. The molecule has 0 atom stereocenters. The monoisotopic (exact) mass is 431 g/mol. The third-order valence-electron chi connectivity index (χ3n) is 5.56. The predicted molar refractivity (Wildman–Crippen MR) is 109 cm³/mol. The van der Waals surface area contributed by atoms with Gasteiger partial charge in [-0.1, -0.05) is 6.07 Å². The fourth-order valence-corrected chi connectivity index (χ4v) is 5.14. The summed E-state index contributed by atoms with van der Waals surface area (Å²) in [6.07, 6.45) is 3.44. The quantitative estimate of drug-likeness (QED) is 0.697. The Bertz CT molecular complexity index is 1020. The van der Waals surface area contributed by atoms with Gasteiger partial charge in [-0.25, -0.2) is 8.42 Å². The van der Waals surface area contributed by atoms with E-state index in [4.69, 9.17) is 4.42 Å². The number of carbonyl (C=O) groups is 2. The van der Waals surface area contributed by atoms with Gasteiger partial charge >= 0.3 is 0 Å². The molecule has 1 aromatic carbocycles. The second kappa shape index (κ2) is 8.23. The summed E-state index contributed by atoms with van der Waals surface area (Å²) in [6, 6.07) is 9.97. The molecule has 1 saturated heterocycles. The number of rotatable bonds is 6. The zero-order valence-electron chi connectivity index (χ0n) is 16.9. The van der Waals surface area contributed by atoms with E-state index in [0.29, 0.717) is 31.0 Å². The number of hydrogen-bond acceptors (Lipinski definition) is 5. The summed E-state index contributed by atoms with van der Waals surface area (Å²) in [6.45, 7) is 3.06. The average molecular weight is 432 g/mol. The molecule has 2 heterocycles. The third kappa shape index (κ3) is 4.27. The van der Waals surface area contributed by atoms with Crippen LogP contribution in [-0.2, 0) is 21.4 Å². The van der Waals surface area contributed by atoms with Crippen LogP contribution >= 0.6 is 0 Å². The maximum Gasteiger partial charge on any atom is 0.254 e. The number of piperazine rings is 1. The molecule has 0 bridgehead atoms. The molecular formula is C21H25N3O5S. The predicted octanol–water partition coefficient (Wildman–Crippen LogP) is 1.94. The third-order valence-corrected chi connectivity index (χ3v) is 7.45. The molecule has 8 nitrogen and oxygen atoms in total. The van der Waals surface area contributed by atoms with Crippen LogP contribution in [0.5, 0.6) is 0 Å². The molecule has 0 unspecified atom stereocenters. The zero-order chi connectivity index (χ0) is 21.3. The Morgan fingerprint density at radius 1 is 1.10 bits per heavy atom. The van der Waals surface area contributed by atoms with E-state index in [1.54, 1.807) is 34.3 Å². The van der Waals surface area contributed by atoms with Crippen LogP contribution in [0.4, 0.5) is 0 Å². The lowest BCUT2D eigenvalue weighted by Gasteiger charge is -2.33. The van der Waals surface area contributed by atoms with Gasteiger partial charge in [0.25, 0.3) is 5.91 Å². The van der Waals surface area contributed by atoms with E-state index < -0.39 is 10.0 Å². The van der Waals surface area contributed by atoms with Crippen molar-refractivity contribution in [2.75, 3.05) is 26.2 Å². The lowest BCUT2D eigenvalue weighted by atomic mass is 10.2. The van der Waals surface area contributed by atoms with E-state index in [-0.39, 0.29) is 35.8 Å². The lowest BCUT2D eigenvalue weighted by molar-refractivity contribution is -0.129. The molecule has 0 spiro atoms. The fourth-order valence-electron chi connectivity index (χ4n) is 3.67. The molecule has 9 heteroatoms. The second-order valence-electron chi connectivity index (χ2n) is 7.68. The van der Waals surface area contributed by atoms with E-state index >= 15 is 0 Å². The summed E-state index contributed by atoms with van der Waals surface area (Å²) in [7, 11) is -3.74. The number of nitrogens with zero attached hydrogens (tertiary/aromatic N) is 3.